The lowest BCUT2D eigenvalue weighted by Gasteiger charge is -2.36. The Hall–Kier alpha value is -0.820. The van der Waals surface area contributed by atoms with Gasteiger partial charge < -0.3 is 10.2 Å². The first kappa shape index (κ1) is 17.5. The number of hydrogen-bond donors (Lipinski definition) is 1. The van der Waals surface area contributed by atoms with Gasteiger partial charge >= 0.3 is 0 Å². The molecule has 0 bridgehead atoms. The highest BCUT2D eigenvalue weighted by Gasteiger charge is 2.36. The zero-order valence-corrected chi connectivity index (χ0v) is 15.9. The molecule has 0 amide bonds. The fourth-order valence-electron chi connectivity index (χ4n) is 3.35. The molecule has 0 radical (unpaired) electrons. The molecule has 1 unspecified atom stereocenters. The van der Waals surface area contributed by atoms with Crippen LogP contribution in [0.25, 0.3) is 0 Å². The first-order valence-corrected chi connectivity index (χ1v) is 7.96. The molecule has 5 heteroatoms. The maximum Gasteiger partial charge on any atom is 0.193 e. The van der Waals surface area contributed by atoms with Gasteiger partial charge in [-0.2, -0.15) is 0 Å². The first-order valence-electron chi connectivity index (χ1n) is 7.96. The lowest BCUT2D eigenvalue weighted by atomic mass is 9.98. The van der Waals surface area contributed by atoms with Gasteiger partial charge in [-0.25, -0.2) is 0 Å². The molecule has 3 rings (SSSR count). The molecule has 0 saturated carbocycles. The van der Waals surface area contributed by atoms with E-state index in [1.807, 2.05) is 0 Å². The van der Waals surface area contributed by atoms with E-state index in [4.69, 9.17) is 0 Å². The maximum absolute atomic E-state index is 4.53. The summed E-state index contributed by atoms with van der Waals surface area (Å²) in [5, 5.41) is 3.56. The van der Waals surface area contributed by atoms with Crippen molar-refractivity contribution in [3.63, 3.8) is 0 Å². The van der Waals surface area contributed by atoms with Crippen molar-refractivity contribution in [1.29, 1.82) is 0 Å². The van der Waals surface area contributed by atoms with Crippen molar-refractivity contribution < 1.29 is 0 Å². The minimum Gasteiger partial charge on any atom is -0.354 e. The van der Waals surface area contributed by atoms with Gasteiger partial charge in [-0.3, -0.25) is 9.89 Å². The quantitative estimate of drug-likeness (QED) is 0.769. The van der Waals surface area contributed by atoms with Crippen molar-refractivity contribution in [2.24, 2.45) is 4.99 Å². The van der Waals surface area contributed by atoms with Crippen molar-refractivity contribution in [2.45, 2.75) is 31.8 Å². The number of guanidine groups is 1. The van der Waals surface area contributed by atoms with Gasteiger partial charge in [0.2, 0.25) is 0 Å². The minimum absolute atomic E-state index is 0. The molecule has 1 fully saturated rings. The zero-order valence-electron chi connectivity index (χ0n) is 13.6. The van der Waals surface area contributed by atoms with Crippen LogP contribution in [0, 0.1) is 0 Å². The number of likely N-dealkylation sites (tertiary alicyclic amines) is 1. The first-order chi connectivity index (χ1) is 10.2. The summed E-state index contributed by atoms with van der Waals surface area (Å²) in [7, 11) is 2.11. The van der Waals surface area contributed by atoms with E-state index in [1.165, 1.54) is 24.9 Å². The third-order valence-electron chi connectivity index (χ3n) is 4.81. The minimum atomic E-state index is 0. The van der Waals surface area contributed by atoms with Gasteiger partial charge in [0.15, 0.2) is 5.96 Å². The summed E-state index contributed by atoms with van der Waals surface area (Å²) in [5.41, 5.74) is 1.63. The Morgan fingerprint density at radius 2 is 2.00 bits per heavy atom. The topological polar surface area (TPSA) is 30.9 Å². The molecule has 2 aliphatic heterocycles. The number of rotatable bonds is 4. The van der Waals surface area contributed by atoms with Crippen LogP contribution in [0.15, 0.2) is 35.3 Å². The summed E-state index contributed by atoms with van der Waals surface area (Å²) in [5.74, 6) is 1.06. The van der Waals surface area contributed by atoms with Crippen LogP contribution < -0.4 is 5.32 Å². The van der Waals surface area contributed by atoms with Crippen molar-refractivity contribution in [1.82, 2.24) is 15.1 Å². The predicted molar refractivity (Wildman–Crippen MR) is 103 cm³/mol. The van der Waals surface area contributed by atoms with Crippen molar-refractivity contribution in [2.75, 3.05) is 33.2 Å². The third-order valence-corrected chi connectivity index (χ3v) is 4.81. The fourth-order valence-corrected chi connectivity index (χ4v) is 3.35. The van der Waals surface area contributed by atoms with Crippen molar-refractivity contribution in [3.05, 3.63) is 35.9 Å². The molecule has 1 saturated heterocycles. The molecule has 0 spiro atoms. The van der Waals surface area contributed by atoms with Crippen LogP contribution in [0.3, 0.4) is 0 Å². The van der Waals surface area contributed by atoms with Crippen LogP contribution in [0.5, 0.6) is 0 Å². The summed E-state index contributed by atoms with van der Waals surface area (Å²) in [4.78, 5) is 9.35. The van der Waals surface area contributed by atoms with Gasteiger partial charge in [0.05, 0.1) is 6.54 Å². The van der Waals surface area contributed by atoms with Gasteiger partial charge in [0.25, 0.3) is 0 Å². The summed E-state index contributed by atoms with van der Waals surface area (Å²) in [6.07, 6.45) is 2.54. The van der Waals surface area contributed by atoms with Gasteiger partial charge in [-0.1, -0.05) is 30.3 Å². The molecule has 2 aliphatic rings. The molecule has 1 atom stereocenters. The Bertz CT molecular complexity index is 505. The average molecular weight is 414 g/mol. The highest BCUT2D eigenvalue weighted by molar-refractivity contribution is 14.0. The molecule has 1 N–H and O–H groups in total. The van der Waals surface area contributed by atoms with Crippen LogP contribution in [0.2, 0.25) is 0 Å². The molecule has 22 heavy (non-hydrogen) atoms. The highest BCUT2D eigenvalue weighted by Crippen LogP contribution is 2.30. The van der Waals surface area contributed by atoms with Crippen LogP contribution in [-0.2, 0) is 6.54 Å². The number of aliphatic imine (C=N–C) groups is 1. The Kier molecular flexibility index (Phi) is 6.09. The van der Waals surface area contributed by atoms with Crippen molar-refractivity contribution in [3.8, 4) is 0 Å². The summed E-state index contributed by atoms with van der Waals surface area (Å²) < 4.78 is 0. The second-order valence-electron chi connectivity index (χ2n) is 6.49. The van der Waals surface area contributed by atoms with Gasteiger partial charge in [-0.15, -0.1) is 24.0 Å². The molecule has 4 nitrogen and oxygen atoms in total. The number of benzene rings is 1. The normalized spacial score (nSPS) is 25.0. The Balaban J connectivity index is 0.00000176. The molecule has 0 aromatic heterocycles. The molecule has 1 aromatic rings. The van der Waals surface area contributed by atoms with Gasteiger partial charge in [-0.05, 0) is 31.9 Å². The van der Waals surface area contributed by atoms with Crippen LogP contribution in [-0.4, -0.2) is 54.5 Å². The van der Waals surface area contributed by atoms with E-state index >= 15 is 0 Å². The maximum atomic E-state index is 4.53. The largest absolute Gasteiger partial charge is 0.354 e. The Labute approximate surface area is 151 Å². The molecule has 0 aliphatic carbocycles. The molecule has 122 valence electrons. The number of halogens is 1. The van der Waals surface area contributed by atoms with Crippen LogP contribution in [0.1, 0.15) is 25.3 Å². The van der Waals surface area contributed by atoms with Crippen LogP contribution >= 0.6 is 24.0 Å². The standard InChI is InChI=1S/C17H26N4.HI/c1-17(14-19-16-18-10-12-20(16)2)9-6-11-21(17)13-15-7-4-3-5-8-15;/h3-5,7-8H,6,9-14H2,1-2H3,(H,18,19);1H. The van der Waals surface area contributed by atoms with E-state index in [9.17, 15) is 0 Å². The van der Waals surface area contributed by atoms with Gasteiger partial charge in [0.1, 0.15) is 0 Å². The smallest absolute Gasteiger partial charge is 0.193 e. The Morgan fingerprint density at radius 3 is 2.68 bits per heavy atom. The number of nitrogens with one attached hydrogen (secondary N) is 1. The molecule has 1 aromatic carbocycles. The highest BCUT2D eigenvalue weighted by atomic mass is 127. The van der Waals surface area contributed by atoms with E-state index in [-0.39, 0.29) is 29.5 Å². The summed E-state index contributed by atoms with van der Waals surface area (Å²) >= 11 is 0. The fraction of sp³-hybridized carbons (Fsp3) is 0.588. The van der Waals surface area contributed by atoms with E-state index in [0.29, 0.717) is 0 Å². The van der Waals surface area contributed by atoms with Gasteiger partial charge in [0, 0.05) is 32.2 Å². The van der Waals surface area contributed by atoms with E-state index in [2.05, 4.69) is 64.4 Å². The molecular formula is C17H27IN4. The average Bonchev–Trinajstić information content (AvgIpc) is 3.05. The molecular weight excluding hydrogens is 387 g/mol. The monoisotopic (exact) mass is 414 g/mol. The summed E-state index contributed by atoms with van der Waals surface area (Å²) in [6.45, 7) is 7.54. The second kappa shape index (κ2) is 7.64. The van der Waals surface area contributed by atoms with E-state index in [1.54, 1.807) is 0 Å². The zero-order chi connectivity index (χ0) is 14.7. The number of hydrogen-bond acceptors (Lipinski definition) is 4. The van der Waals surface area contributed by atoms with E-state index in [0.717, 1.165) is 32.1 Å². The predicted octanol–water partition coefficient (Wildman–Crippen LogP) is 2.55. The third kappa shape index (κ3) is 3.93. The van der Waals surface area contributed by atoms with E-state index < -0.39 is 0 Å². The lowest BCUT2D eigenvalue weighted by Crippen LogP contribution is -2.51. The Morgan fingerprint density at radius 1 is 1.23 bits per heavy atom. The SMILES string of the molecule is CN1CCN=C1NCC1(C)CCCN1Cc1ccccc1.I. The summed E-state index contributed by atoms with van der Waals surface area (Å²) in [6, 6.07) is 10.8. The lowest BCUT2D eigenvalue weighted by molar-refractivity contribution is 0.149. The number of likely N-dealkylation sites (N-methyl/N-ethyl adjacent to an activating group) is 1. The van der Waals surface area contributed by atoms with Crippen molar-refractivity contribution >= 4 is 29.9 Å². The second-order valence-corrected chi connectivity index (χ2v) is 6.49. The van der Waals surface area contributed by atoms with Crippen LogP contribution in [0.4, 0.5) is 0 Å². The molecule has 2 heterocycles. The number of nitrogens with zero attached hydrogens (tertiary/aromatic N) is 3.